The van der Waals surface area contributed by atoms with E-state index in [1.54, 1.807) is 0 Å². The molecule has 2 nitrogen and oxygen atoms in total. The molecule has 0 aliphatic carbocycles. The fourth-order valence-electron chi connectivity index (χ4n) is 1.12. The summed E-state index contributed by atoms with van der Waals surface area (Å²) in [4.78, 5) is 0. The normalized spacial score (nSPS) is 11.6. The minimum absolute atomic E-state index is 0.0147. The Morgan fingerprint density at radius 2 is 2.00 bits per heavy atom. The lowest BCUT2D eigenvalue weighted by Gasteiger charge is -2.13. The van der Waals surface area contributed by atoms with E-state index in [1.807, 2.05) is 0 Å². The Kier molecular flexibility index (Phi) is 3.62. The molecule has 0 saturated heterocycles. The Hall–Kier alpha value is -0.750. The van der Waals surface area contributed by atoms with Crippen LogP contribution in [-0.2, 0) is 12.7 Å². The zero-order chi connectivity index (χ0) is 11.6. The van der Waals surface area contributed by atoms with Crippen LogP contribution in [0.4, 0.5) is 13.2 Å². The summed E-state index contributed by atoms with van der Waals surface area (Å²) in [6.45, 7) is 0.0147. The van der Waals surface area contributed by atoms with Crippen molar-refractivity contribution in [1.82, 2.24) is 0 Å². The van der Waals surface area contributed by atoms with Crippen LogP contribution in [0.1, 0.15) is 11.1 Å². The SMILES string of the molecule is COc1cc(C(F)(F)F)cc(CN)c1Br. The van der Waals surface area contributed by atoms with Gasteiger partial charge in [-0.3, -0.25) is 0 Å². The standard InChI is InChI=1S/C9H9BrF3NO/c1-15-7-3-6(9(11,12)13)2-5(4-14)8(7)10/h2-3H,4,14H2,1H3. The molecule has 0 aromatic heterocycles. The van der Waals surface area contributed by atoms with Gasteiger partial charge in [-0.15, -0.1) is 0 Å². The van der Waals surface area contributed by atoms with Crippen LogP contribution in [0.2, 0.25) is 0 Å². The van der Waals surface area contributed by atoms with Crippen molar-refractivity contribution in [3.63, 3.8) is 0 Å². The summed E-state index contributed by atoms with van der Waals surface area (Å²) in [7, 11) is 1.31. The number of methoxy groups -OCH3 is 1. The average molecular weight is 284 g/mol. The number of halogens is 4. The first kappa shape index (κ1) is 12.3. The summed E-state index contributed by atoms with van der Waals surface area (Å²) < 4.78 is 42.6. The summed E-state index contributed by atoms with van der Waals surface area (Å²) in [6.07, 6.45) is -4.39. The Morgan fingerprint density at radius 3 is 2.40 bits per heavy atom. The molecule has 2 N–H and O–H groups in total. The molecule has 1 aromatic rings. The predicted molar refractivity (Wildman–Crippen MR) is 53.6 cm³/mol. The van der Waals surface area contributed by atoms with Crippen molar-refractivity contribution in [3.05, 3.63) is 27.7 Å². The van der Waals surface area contributed by atoms with E-state index in [1.165, 1.54) is 7.11 Å². The van der Waals surface area contributed by atoms with Gasteiger partial charge in [0.05, 0.1) is 17.1 Å². The largest absolute Gasteiger partial charge is 0.496 e. The Bertz CT molecular complexity index is 340. The van der Waals surface area contributed by atoms with Crippen molar-refractivity contribution in [3.8, 4) is 5.75 Å². The van der Waals surface area contributed by atoms with E-state index < -0.39 is 11.7 Å². The van der Waals surface area contributed by atoms with E-state index in [2.05, 4.69) is 15.9 Å². The smallest absolute Gasteiger partial charge is 0.416 e. The molecule has 0 radical (unpaired) electrons. The van der Waals surface area contributed by atoms with Gasteiger partial charge in [0, 0.05) is 6.54 Å². The molecule has 0 fully saturated rings. The minimum atomic E-state index is -4.39. The Labute approximate surface area is 93.3 Å². The van der Waals surface area contributed by atoms with E-state index in [4.69, 9.17) is 10.5 Å². The average Bonchev–Trinajstić information content (AvgIpc) is 2.16. The lowest BCUT2D eigenvalue weighted by atomic mass is 10.1. The molecule has 0 saturated carbocycles. The van der Waals surface area contributed by atoms with Crippen LogP contribution in [0.15, 0.2) is 16.6 Å². The molecule has 1 aromatic carbocycles. The Balaban J connectivity index is 3.33. The molecular formula is C9H9BrF3NO. The quantitative estimate of drug-likeness (QED) is 0.906. The summed E-state index contributed by atoms with van der Waals surface area (Å²) in [6, 6.07) is 1.94. The van der Waals surface area contributed by atoms with Crippen LogP contribution in [-0.4, -0.2) is 7.11 Å². The number of rotatable bonds is 2. The van der Waals surface area contributed by atoms with Gasteiger partial charge in [0.25, 0.3) is 0 Å². The maximum atomic E-state index is 12.4. The first-order valence-corrected chi connectivity index (χ1v) is 4.83. The van der Waals surface area contributed by atoms with Gasteiger partial charge in [0.2, 0.25) is 0 Å². The molecule has 0 aliphatic heterocycles. The molecule has 0 spiro atoms. The van der Waals surface area contributed by atoms with Gasteiger partial charge in [-0.25, -0.2) is 0 Å². The van der Waals surface area contributed by atoms with Crippen LogP contribution < -0.4 is 10.5 Å². The number of benzene rings is 1. The first-order chi connectivity index (χ1) is 6.90. The molecular weight excluding hydrogens is 275 g/mol. The monoisotopic (exact) mass is 283 g/mol. The maximum absolute atomic E-state index is 12.4. The van der Waals surface area contributed by atoms with E-state index in [9.17, 15) is 13.2 Å². The van der Waals surface area contributed by atoms with Crippen LogP contribution in [0.25, 0.3) is 0 Å². The second-order valence-electron chi connectivity index (χ2n) is 2.85. The highest BCUT2D eigenvalue weighted by atomic mass is 79.9. The summed E-state index contributed by atoms with van der Waals surface area (Å²) in [5, 5.41) is 0. The third-order valence-electron chi connectivity index (χ3n) is 1.88. The minimum Gasteiger partial charge on any atom is -0.496 e. The Morgan fingerprint density at radius 1 is 1.40 bits per heavy atom. The fourth-order valence-corrected chi connectivity index (χ4v) is 1.67. The number of hydrogen-bond acceptors (Lipinski definition) is 2. The van der Waals surface area contributed by atoms with Crippen LogP contribution in [0.5, 0.6) is 5.75 Å². The number of alkyl halides is 3. The van der Waals surface area contributed by atoms with Gasteiger partial charge < -0.3 is 10.5 Å². The third kappa shape index (κ3) is 2.63. The van der Waals surface area contributed by atoms with Gasteiger partial charge in [-0.1, -0.05) is 0 Å². The van der Waals surface area contributed by atoms with Crippen molar-refractivity contribution in [1.29, 1.82) is 0 Å². The number of hydrogen-bond donors (Lipinski definition) is 1. The zero-order valence-corrected chi connectivity index (χ0v) is 9.45. The fraction of sp³-hybridized carbons (Fsp3) is 0.333. The lowest BCUT2D eigenvalue weighted by Crippen LogP contribution is -2.08. The molecule has 0 amide bonds. The van der Waals surface area contributed by atoms with E-state index in [0.29, 0.717) is 10.0 Å². The van der Waals surface area contributed by atoms with Crippen molar-refractivity contribution in [2.45, 2.75) is 12.7 Å². The molecule has 0 bridgehead atoms. The van der Waals surface area contributed by atoms with E-state index in [0.717, 1.165) is 12.1 Å². The van der Waals surface area contributed by atoms with E-state index in [-0.39, 0.29) is 12.3 Å². The highest BCUT2D eigenvalue weighted by Crippen LogP contribution is 2.37. The molecule has 84 valence electrons. The highest BCUT2D eigenvalue weighted by Gasteiger charge is 2.32. The van der Waals surface area contributed by atoms with Crippen LogP contribution in [0.3, 0.4) is 0 Å². The molecule has 0 atom stereocenters. The van der Waals surface area contributed by atoms with Crippen molar-refractivity contribution >= 4 is 15.9 Å². The summed E-state index contributed by atoms with van der Waals surface area (Å²) in [5.41, 5.74) is 4.94. The molecule has 1 rings (SSSR count). The first-order valence-electron chi connectivity index (χ1n) is 4.03. The lowest BCUT2D eigenvalue weighted by molar-refractivity contribution is -0.137. The van der Waals surface area contributed by atoms with Gasteiger partial charge >= 0.3 is 6.18 Å². The van der Waals surface area contributed by atoms with Crippen molar-refractivity contribution < 1.29 is 17.9 Å². The molecule has 15 heavy (non-hydrogen) atoms. The zero-order valence-electron chi connectivity index (χ0n) is 7.86. The molecule has 0 aliphatic rings. The van der Waals surface area contributed by atoms with Gasteiger partial charge in [0.1, 0.15) is 5.75 Å². The van der Waals surface area contributed by atoms with Crippen molar-refractivity contribution in [2.75, 3.05) is 7.11 Å². The topological polar surface area (TPSA) is 35.2 Å². The second-order valence-corrected chi connectivity index (χ2v) is 3.65. The summed E-state index contributed by atoms with van der Waals surface area (Å²) in [5.74, 6) is 0.130. The molecule has 0 unspecified atom stereocenters. The van der Waals surface area contributed by atoms with Crippen LogP contribution in [0, 0.1) is 0 Å². The third-order valence-corrected chi connectivity index (χ3v) is 2.78. The van der Waals surface area contributed by atoms with E-state index >= 15 is 0 Å². The van der Waals surface area contributed by atoms with Crippen molar-refractivity contribution in [2.24, 2.45) is 5.73 Å². The van der Waals surface area contributed by atoms with Gasteiger partial charge in [0.15, 0.2) is 0 Å². The number of ether oxygens (including phenoxy) is 1. The van der Waals surface area contributed by atoms with Crippen LogP contribution >= 0.6 is 15.9 Å². The molecule has 6 heteroatoms. The molecule has 0 heterocycles. The number of nitrogens with two attached hydrogens (primary N) is 1. The predicted octanol–water partition coefficient (Wildman–Crippen LogP) is 2.94. The van der Waals surface area contributed by atoms with Gasteiger partial charge in [-0.2, -0.15) is 13.2 Å². The summed E-state index contributed by atoms with van der Waals surface area (Å²) >= 11 is 3.13. The van der Waals surface area contributed by atoms with Gasteiger partial charge in [-0.05, 0) is 33.6 Å². The second kappa shape index (κ2) is 4.40. The highest BCUT2D eigenvalue weighted by molar-refractivity contribution is 9.10. The maximum Gasteiger partial charge on any atom is 0.416 e.